The van der Waals surface area contributed by atoms with Gasteiger partial charge in [-0.2, -0.15) is 5.10 Å². The van der Waals surface area contributed by atoms with Crippen molar-refractivity contribution in [3.63, 3.8) is 0 Å². The Labute approximate surface area is 99.8 Å². The fourth-order valence-electron chi connectivity index (χ4n) is 1.72. The number of rotatable bonds is 5. The normalized spacial score (nSPS) is 20.9. The average Bonchev–Trinajstić information content (AvgIpc) is 2.97. The third kappa shape index (κ3) is 2.83. The summed E-state index contributed by atoms with van der Waals surface area (Å²) in [6.45, 7) is 1.82. The fourth-order valence-corrected chi connectivity index (χ4v) is 2.97. The van der Waals surface area contributed by atoms with Crippen LogP contribution in [-0.4, -0.2) is 38.4 Å². The molecule has 0 aromatic carbocycles. The second kappa shape index (κ2) is 5.13. The van der Waals surface area contributed by atoms with Crippen LogP contribution >= 0.6 is 0 Å². The lowest BCUT2D eigenvalue weighted by molar-refractivity contribution is 0.186. The molecule has 2 rings (SSSR count). The highest BCUT2D eigenvalue weighted by molar-refractivity contribution is 7.89. The summed E-state index contributed by atoms with van der Waals surface area (Å²) in [4.78, 5) is 0. The van der Waals surface area contributed by atoms with Gasteiger partial charge in [-0.05, 0) is 12.3 Å². The summed E-state index contributed by atoms with van der Waals surface area (Å²) in [5, 5.41) is 6.21. The Morgan fingerprint density at radius 3 is 3.12 bits per heavy atom. The zero-order valence-corrected chi connectivity index (χ0v) is 10.2. The minimum atomic E-state index is -3.55. The second-order valence-electron chi connectivity index (χ2n) is 4.01. The molecule has 0 bridgehead atoms. The third-order valence-electron chi connectivity index (χ3n) is 2.75. The zero-order chi connectivity index (χ0) is 12.3. The van der Waals surface area contributed by atoms with Gasteiger partial charge >= 0.3 is 0 Å². The lowest BCUT2D eigenvalue weighted by atomic mass is 10.1. The summed E-state index contributed by atoms with van der Waals surface area (Å²) >= 11 is 0. The van der Waals surface area contributed by atoms with E-state index in [0.717, 1.165) is 6.42 Å². The van der Waals surface area contributed by atoms with E-state index in [0.29, 0.717) is 25.3 Å². The minimum Gasteiger partial charge on any atom is -0.381 e. The first-order valence-corrected chi connectivity index (χ1v) is 6.91. The predicted molar refractivity (Wildman–Crippen MR) is 60.6 cm³/mol. The van der Waals surface area contributed by atoms with E-state index in [2.05, 4.69) is 14.9 Å². The number of aromatic nitrogens is 2. The maximum atomic E-state index is 12.0. The third-order valence-corrected chi connectivity index (χ3v) is 4.19. The molecule has 0 amide bonds. The Hall–Kier alpha value is -0.960. The number of ether oxygens (including phenoxy) is 1. The number of sulfonamides is 1. The number of hydrogen-bond donors (Lipinski definition) is 3. The molecule has 8 heteroatoms. The molecule has 96 valence electrons. The fraction of sp³-hybridized carbons (Fsp3) is 0.667. The Bertz CT molecular complexity index is 464. The minimum absolute atomic E-state index is 0.0546. The van der Waals surface area contributed by atoms with E-state index in [9.17, 15) is 8.42 Å². The molecule has 7 nitrogen and oxygen atoms in total. The first-order valence-electron chi connectivity index (χ1n) is 5.43. The summed E-state index contributed by atoms with van der Waals surface area (Å²) in [6.07, 6.45) is 2.31. The largest absolute Gasteiger partial charge is 0.381 e. The van der Waals surface area contributed by atoms with Gasteiger partial charge in [-0.15, -0.1) is 0 Å². The van der Waals surface area contributed by atoms with Gasteiger partial charge in [-0.3, -0.25) is 5.10 Å². The van der Waals surface area contributed by atoms with Gasteiger partial charge in [-0.25, -0.2) is 13.1 Å². The van der Waals surface area contributed by atoms with Crippen molar-refractivity contribution in [1.82, 2.24) is 14.9 Å². The molecule has 1 atom stereocenters. The summed E-state index contributed by atoms with van der Waals surface area (Å²) in [7, 11) is -3.55. The maximum Gasteiger partial charge on any atom is 0.257 e. The summed E-state index contributed by atoms with van der Waals surface area (Å²) in [5.41, 5.74) is 5.92. The van der Waals surface area contributed by atoms with Crippen LogP contribution in [0.1, 0.15) is 12.0 Å². The van der Waals surface area contributed by atoms with Crippen molar-refractivity contribution in [2.75, 3.05) is 19.8 Å². The van der Waals surface area contributed by atoms with Crippen LogP contribution in [0, 0.1) is 5.92 Å². The van der Waals surface area contributed by atoms with Gasteiger partial charge in [0.05, 0.1) is 12.8 Å². The SMILES string of the molecule is NCc1cn[nH]c1S(=O)(=O)NCC1CCOC1. The standard InChI is InChI=1S/C9H16N4O3S/c10-3-8-5-11-13-9(8)17(14,15)12-4-7-1-2-16-6-7/h5,7,12H,1-4,6,10H2,(H,11,13). The van der Waals surface area contributed by atoms with E-state index in [1.807, 2.05) is 0 Å². The van der Waals surface area contributed by atoms with Crippen LogP contribution in [0.15, 0.2) is 11.2 Å². The molecule has 2 heterocycles. The maximum absolute atomic E-state index is 12.0. The van der Waals surface area contributed by atoms with Gasteiger partial charge in [0, 0.05) is 25.3 Å². The summed E-state index contributed by atoms with van der Waals surface area (Å²) in [6, 6.07) is 0. The van der Waals surface area contributed by atoms with Gasteiger partial charge in [0.25, 0.3) is 10.0 Å². The number of aromatic amines is 1. The molecule has 1 aromatic rings. The van der Waals surface area contributed by atoms with Crippen molar-refractivity contribution < 1.29 is 13.2 Å². The first-order chi connectivity index (χ1) is 8.13. The molecule has 0 spiro atoms. The van der Waals surface area contributed by atoms with Crippen molar-refractivity contribution in [2.24, 2.45) is 11.7 Å². The second-order valence-corrected chi connectivity index (χ2v) is 5.71. The van der Waals surface area contributed by atoms with Gasteiger partial charge in [0.2, 0.25) is 0 Å². The van der Waals surface area contributed by atoms with Crippen LogP contribution in [0.2, 0.25) is 0 Å². The Morgan fingerprint density at radius 2 is 2.47 bits per heavy atom. The van der Waals surface area contributed by atoms with Crippen LogP contribution < -0.4 is 10.5 Å². The van der Waals surface area contributed by atoms with Crippen molar-refractivity contribution in [2.45, 2.75) is 18.0 Å². The number of nitrogens with two attached hydrogens (primary N) is 1. The highest BCUT2D eigenvalue weighted by atomic mass is 32.2. The van der Waals surface area contributed by atoms with Crippen molar-refractivity contribution >= 4 is 10.0 Å². The molecule has 1 saturated heterocycles. The monoisotopic (exact) mass is 260 g/mol. The molecule has 17 heavy (non-hydrogen) atoms. The molecular weight excluding hydrogens is 244 g/mol. The molecule has 1 aliphatic rings. The van der Waals surface area contributed by atoms with Gasteiger partial charge < -0.3 is 10.5 Å². The van der Waals surface area contributed by atoms with E-state index < -0.39 is 10.0 Å². The van der Waals surface area contributed by atoms with E-state index in [1.54, 1.807) is 0 Å². The van der Waals surface area contributed by atoms with Gasteiger partial charge in [0.1, 0.15) is 0 Å². The first kappa shape index (κ1) is 12.5. The molecule has 1 fully saturated rings. The topological polar surface area (TPSA) is 110 Å². The van der Waals surface area contributed by atoms with Crippen molar-refractivity contribution in [1.29, 1.82) is 0 Å². The van der Waals surface area contributed by atoms with E-state index in [4.69, 9.17) is 10.5 Å². The highest BCUT2D eigenvalue weighted by Crippen LogP contribution is 2.14. The van der Waals surface area contributed by atoms with Gasteiger partial charge in [-0.1, -0.05) is 0 Å². The Morgan fingerprint density at radius 1 is 1.65 bits per heavy atom. The van der Waals surface area contributed by atoms with Gasteiger partial charge in [0.15, 0.2) is 5.03 Å². The van der Waals surface area contributed by atoms with Crippen LogP contribution in [0.5, 0.6) is 0 Å². The Balaban J connectivity index is 2.03. The lowest BCUT2D eigenvalue weighted by Gasteiger charge is -2.09. The predicted octanol–water partition coefficient (Wildman–Crippen LogP) is -0.817. The molecule has 1 unspecified atom stereocenters. The van der Waals surface area contributed by atoms with Crippen LogP contribution in [-0.2, 0) is 21.3 Å². The highest BCUT2D eigenvalue weighted by Gasteiger charge is 2.23. The van der Waals surface area contributed by atoms with Crippen LogP contribution in [0.25, 0.3) is 0 Å². The average molecular weight is 260 g/mol. The molecule has 0 saturated carbocycles. The van der Waals surface area contributed by atoms with Crippen LogP contribution in [0.3, 0.4) is 0 Å². The molecule has 1 aromatic heterocycles. The molecular formula is C9H16N4O3S. The quantitative estimate of drug-likeness (QED) is 0.641. The zero-order valence-electron chi connectivity index (χ0n) is 9.35. The van der Waals surface area contributed by atoms with E-state index >= 15 is 0 Å². The van der Waals surface area contributed by atoms with Crippen LogP contribution in [0.4, 0.5) is 0 Å². The molecule has 1 aliphatic heterocycles. The van der Waals surface area contributed by atoms with Crippen molar-refractivity contribution in [3.8, 4) is 0 Å². The molecule has 0 aliphatic carbocycles. The van der Waals surface area contributed by atoms with E-state index in [1.165, 1.54) is 6.20 Å². The lowest BCUT2D eigenvalue weighted by Crippen LogP contribution is -2.30. The number of hydrogen-bond acceptors (Lipinski definition) is 5. The Kier molecular flexibility index (Phi) is 3.77. The number of nitrogens with one attached hydrogen (secondary N) is 2. The number of nitrogens with zero attached hydrogens (tertiary/aromatic N) is 1. The summed E-state index contributed by atoms with van der Waals surface area (Å²) in [5.74, 6) is 0.244. The smallest absolute Gasteiger partial charge is 0.257 e. The molecule has 4 N–H and O–H groups in total. The van der Waals surface area contributed by atoms with Crippen molar-refractivity contribution in [3.05, 3.63) is 11.8 Å². The summed E-state index contributed by atoms with van der Waals surface area (Å²) < 4.78 is 31.6. The number of H-pyrrole nitrogens is 1. The van der Waals surface area contributed by atoms with E-state index in [-0.39, 0.29) is 17.5 Å². The molecule has 0 radical (unpaired) electrons.